The fourth-order valence-corrected chi connectivity index (χ4v) is 3.01. The van der Waals surface area contributed by atoms with Gasteiger partial charge >= 0.3 is 5.97 Å². The van der Waals surface area contributed by atoms with Gasteiger partial charge in [0.25, 0.3) is 5.91 Å². The van der Waals surface area contributed by atoms with Crippen LogP contribution in [-0.2, 0) is 11.4 Å². The topological polar surface area (TPSA) is 118 Å². The van der Waals surface area contributed by atoms with Crippen molar-refractivity contribution >= 4 is 23.6 Å². The number of ether oxygens (including phenoxy) is 3. The highest BCUT2D eigenvalue weighted by Gasteiger charge is 2.12. The molecule has 0 spiro atoms. The molecule has 3 aromatic carbocycles. The highest BCUT2D eigenvalue weighted by atomic mass is 16.5. The molecular formula is C26H22N2O6. The molecule has 0 heterocycles. The number of hydrogen-bond donors (Lipinski definition) is 2. The molecule has 172 valence electrons. The number of amides is 1. The van der Waals surface area contributed by atoms with Gasteiger partial charge in [0, 0.05) is 11.8 Å². The second-order valence-electron chi connectivity index (χ2n) is 7.06. The first-order valence-electron chi connectivity index (χ1n) is 10.1. The predicted octanol–water partition coefficient (Wildman–Crippen LogP) is 4.53. The number of carbonyl (C=O) groups excluding carboxylic acids is 1. The number of aromatic carboxylic acids is 1. The summed E-state index contributed by atoms with van der Waals surface area (Å²) < 4.78 is 16.3. The molecule has 0 aliphatic rings. The minimum atomic E-state index is -0.994. The molecule has 0 fully saturated rings. The third-order valence-electron chi connectivity index (χ3n) is 4.79. The van der Waals surface area contributed by atoms with Crippen LogP contribution in [0, 0.1) is 11.3 Å². The number of nitrogens with one attached hydrogen (secondary N) is 1. The normalized spacial score (nSPS) is 10.7. The number of methoxy groups -OCH3 is 2. The van der Waals surface area contributed by atoms with E-state index < -0.39 is 11.9 Å². The van der Waals surface area contributed by atoms with Gasteiger partial charge in [0.2, 0.25) is 0 Å². The zero-order chi connectivity index (χ0) is 24.5. The average Bonchev–Trinajstić information content (AvgIpc) is 2.86. The first kappa shape index (κ1) is 23.9. The van der Waals surface area contributed by atoms with Gasteiger partial charge in [0.15, 0.2) is 11.5 Å². The van der Waals surface area contributed by atoms with E-state index >= 15 is 0 Å². The maximum absolute atomic E-state index is 12.6. The molecule has 0 saturated heterocycles. The molecule has 3 aromatic rings. The van der Waals surface area contributed by atoms with Crippen LogP contribution in [0.25, 0.3) is 6.08 Å². The fourth-order valence-electron chi connectivity index (χ4n) is 3.01. The van der Waals surface area contributed by atoms with Crippen LogP contribution in [0.2, 0.25) is 0 Å². The monoisotopic (exact) mass is 458 g/mol. The maximum Gasteiger partial charge on any atom is 0.335 e. The molecule has 8 nitrogen and oxygen atoms in total. The summed E-state index contributed by atoms with van der Waals surface area (Å²) in [4.78, 5) is 23.5. The van der Waals surface area contributed by atoms with Crippen LogP contribution in [0.3, 0.4) is 0 Å². The molecule has 0 radical (unpaired) electrons. The third kappa shape index (κ3) is 6.14. The molecule has 0 atom stereocenters. The molecular weight excluding hydrogens is 436 g/mol. The van der Waals surface area contributed by atoms with Crippen molar-refractivity contribution in [2.24, 2.45) is 0 Å². The van der Waals surface area contributed by atoms with Gasteiger partial charge in [-0.3, -0.25) is 4.79 Å². The summed E-state index contributed by atoms with van der Waals surface area (Å²) in [5.74, 6) is -0.0901. The molecule has 1 amide bonds. The number of nitrogens with zero attached hydrogens (tertiary/aromatic N) is 1. The second-order valence-corrected chi connectivity index (χ2v) is 7.06. The number of rotatable bonds is 9. The number of hydrogen-bond acceptors (Lipinski definition) is 6. The summed E-state index contributed by atoms with van der Waals surface area (Å²) in [5, 5.41) is 21.1. The van der Waals surface area contributed by atoms with Gasteiger partial charge in [-0.15, -0.1) is 0 Å². The van der Waals surface area contributed by atoms with Crippen LogP contribution >= 0.6 is 0 Å². The van der Waals surface area contributed by atoms with Crippen LogP contribution in [0.5, 0.6) is 17.2 Å². The molecule has 8 heteroatoms. The Morgan fingerprint density at radius 2 is 1.76 bits per heavy atom. The van der Waals surface area contributed by atoms with E-state index in [1.54, 1.807) is 54.6 Å². The van der Waals surface area contributed by atoms with Crippen molar-refractivity contribution in [3.05, 3.63) is 89.0 Å². The summed E-state index contributed by atoms with van der Waals surface area (Å²) in [6.07, 6.45) is 1.45. The van der Waals surface area contributed by atoms with E-state index in [0.29, 0.717) is 28.5 Å². The van der Waals surface area contributed by atoms with Crippen molar-refractivity contribution in [2.75, 3.05) is 19.5 Å². The van der Waals surface area contributed by atoms with Crippen LogP contribution in [0.1, 0.15) is 21.5 Å². The molecule has 0 unspecified atom stereocenters. The van der Waals surface area contributed by atoms with Crippen LogP contribution in [0.4, 0.5) is 5.69 Å². The number of carboxylic acid groups (broad SMARTS) is 1. The van der Waals surface area contributed by atoms with E-state index in [1.807, 2.05) is 6.07 Å². The van der Waals surface area contributed by atoms with Crippen molar-refractivity contribution < 1.29 is 28.9 Å². The lowest BCUT2D eigenvalue weighted by Gasteiger charge is -2.12. The Bertz CT molecular complexity index is 1260. The van der Waals surface area contributed by atoms with E-state index in [2.05, 4.69) is 5.32 Å². The molecule has 34 heavy (non-hydrogen) atoms. The van der Waals surface area contributed by atoms with Crippen molar-refractivity contribution in [3.8, 4) is 23.3 Å². The standard InChI is InChI=1S/C26H22N2O6/c1-32-22-5-3-4-21(14-22)28-25(29)20(15-27)12-18-8-11-23(24(13-18)33-2)34-16-17-6-9-19(10-7-17)26(30)31/h3-14H,16H2,1-2H3,(H,28,29)(H,30,31)/b20-12+. The predicted molar refractivity (Wildman–Crippen MR) is 126 cm³/mol. The average molecular weight is 458 g/mol. The highest BCUT2D eigenvalue weighted by Crippen LogP contribution is 2.30. The molecule has 0 aliphatic carbocycles. The Morgan fingerprint density at radius 1 is 1.00 bits per heavy atom. The summed E-state index contributed by atoms with van der Waals surface area (Å²) in [6.45, 7) is 0.206. The van der Waals surface area contributed by atoms with Gasteiger partial charge in [-0.2, -0.15) is 5.26 Å². The van der Waals surface area contributed by atoms with Gasteiger partial charge in [-0.1, -0.05) is 24.3 Å². The van der Waals surface area contributed by atoms with Gasteiger partial charge in [-0.25, -0.2) is 4.79 Å². The summed E-state index contributed by atoms with van der Waals surface area (Å²) in [6, 6.07) is 20.1. The highest BCUT2D eigenvalue weighted by molar-refractivity contribution is 6.09. The Hall–Kier alpha value is -4.77. The van der Waals surface area contributed by atoms with E-state index in [0.717, 1.165) is 5.56 Å². The molecule has 0 aromatic heterocycles. The van der Waals surface area contributed by atoms with Crippen molar-refractivity contribution in [3.63, 3.8) is 0 Å². The largest absolute Gasteiger partial charge is 0.497 e. The van der Waals surface area contributed by atoms with Crippen molar-refractivity contribution in [2.45, 2.75) is 6.61 Å². The van der Waals surface area contributed by atoms with Gasteiger partial charge in [-0.05, 0) is 53.6 Å². The van der Waals surface area contributed by atoms with E-state index in [9.17, 15) is 14.9 Å². The lowest BCUT2D eigenvalue weighted by molar-refractivity contribution is -0.112. The number of carbonyl (C=O) groups is 2. The van der Waals surface area contributed by atoms with Crippen molar-refractivity contribution in [1.82, 2.24) is 0 Å². The van der Waals surface area contributed by atoms with Crippen LogP contribution in [-0.4, -0.2) is 31.2 Å². The third-order valence-corrected chi connectivity index (χ3v) is 4.79. The number of carboxylic acids is 1. The van der Waals surface area contributed by atoms with E-state index in [4.69, 9.17) is 19.3 Å². The van der Waals surface area contributed by atoms with Gasteiger partial charge in [0.05, 0.1) is 19.8 Å². The summed E-state index contributed by atoms with van der Waals surface area (Å²) in [7, 11) is 3.01. The van der Waals surface area contributed by atoms with Crippen molar-refractivity contribution in [1.29, 1.82) is 5.26 Å². The minimum absolute atomic E-state index is 0.0861. The quantitative estimate of drug-likeness (QED) is 0.357. The zero-order valence-corrected chi connectivity index (χ0v) is 18.6. The molecule has 0 aliphatic heterocycles. The molecule has 0 saturated carbocycles. The molecule has 2 N–H and O–H groups in total. The van der Waals surface area contributed by atoms with Gasteiger partial charge in [0.1, 0.15) is 24.0 Å². The van der Waals surface area contributed by atoms with Gasteiger partial charge < -0.3 is 24.6 Å². The fraction of sp³-hybridized carbons (Fsp3) is 0.115. The Balaban J connectivity index is 1.72. The lowest BCUT2D eigenvalue weighted by Crippen LogP contribution is -2.13. The summed E-state index contributed by atoms with van der Waals surface area (Å²) in [5.41, 5.74) is 1.98. The molecule has 3 rings (SSSR count). The Morgan fingerprint density at radius 3 is 2.41 bits per heavy atom. The Labute approximate surface area is 196 Å². The molecule has 0 bridgehead atoms. The smallest absolute Gasteiger partial charge is 0.335 e. The number of benzene rings is 3. The first-order chi connectivity index (χ1) is 16.4. The van der Waals surface area contributed by atoms with Crippen LogP contribution < -0.4 is 19.5 Å². The number of anilines is 1. The summed E-state index contributed by atoms with van der Waals surface area (Å²) >= 11 is 0. The maximum atomic E-state index is 12.6. The SMILES string of the molecule is COc1cccc(NC(=O)/C(C#N)=C/c2ccc(OCc3ccc(C(=O)O)cc3)c(OC)c2)c1. The second kappa shape index (κ2) is 11.2. The van der Waals surface area contributed by atoms with E-state index in [1.165, 1.54) is 32.4 Å². The van der Waals surface area contributed by atoms with Crippen LogP contribution in [0.15, 0.2) is 72.3 Å². The minimum Gasteiger partial charge on any atom is -0.497 e. The lowest BCUT2D eigenvalue weighted by atomic mass is 10.1. The first-order valence-corrected chi connectivity index (χ1v) is 10.1. The Kier molecular flexibility index (Phi) is 7.87. The number of nitriles is 1. The zero-order valence-electron chi connectivity index (χ0n) is 18.6. The van der Waals surface area contributed by atoms with E-state index in [-0.39, 0.29) is 17.7 Å².